The second-order valence-electron chi connectivity index (χ2n) is 3.86. The number of hydrogen-bond donors (Lipinski definition) is 1. The van der Waals surface area contributed by atoms with Crippen molar-refractivity contribution in [1.82, 2.24) is 4.98 Å². The SMILES string of the molecule is COc1ccc(C(N)CSc2ccccn2)cc1. The molecule has 0 bridgehead atoms. The molecule has 0 fully saturated rings. The number of methoxy groups -OCH3 is 1. The van der Waals surface area contributed by atoms with Crippen LogP contribution in [0.4, 0.5) is 0 Å². The maximum atomic E-state index is 6.14. The van der Waals surface area contributed by atoms with E-state index < -0.39 is 0 Å². The molecule has 0 saturated carbocycles. The van der Waals surface area contributed by atoms with Crippen molar-refractivity contribution in [3.8, 4) is 5.75 Å². The average Bonchev–Trinajstić information content (AvgIpc) is 2.46. The molecule has 0 saturated heterocycles. The molecule has 18 heavy (non-hydrogen) atoms. The molecule has 3 nitrogen and oxygen atoms in total. The Morgan fingerprint density at radius 2 is 2.00 bits per heavy atom. The van der Waals surface area contributed by atoms with E-state index in [2.05, 4.69) is 4.98 Å². The van der Waals surface area contributed by atoms with Gasteiger partial charge in [-0.15, -0.1) is 11.8 Å². The van der Waals surface area contributed by atoms with Crippen LogP contribution in [0.15, 0.2) is 53.7 Å². The molecule has 1 aromatic heterocycles. The van der Waals surface area contributed by atoms with Crippen molar-refractivity contribution in [2.24, 2.45) is 5.73 Å². The lowest BCUT2D eigenvalue weighted by Gasteiger charge is -2.11. The first-order valence-electron chi connectivity index (χ1n) is 5.73. The summed E-state index contributed by atoms with van der Waals surface area (Å²) in [6.45, 7) is 0. The molecular formula is C14H16N2OS. The van der Waals surface area contributed by atoms with Crippen LogP contribution in [0.3, 0.4) is 0 Å². The van der Waals surface area contributed by atoms with Crippen LogP contribution in [-0.2, 0) is 0 Å². The van der Waals surface area contributed by atoms with Gasteiger partial charge in [0.05, 0.1) is 12.1 Å². The predicted octanol–water partition coefficient (Wildman–Crippen LogP) is 2.88. The minimum atomic E-state index is 0.00270. The fourth-order valence-electron chi connectivity index (χ4n) is 1.55. The number of benzene rings is 1. The van der Waals surface area contributed by atoms with E-state index in [1.807, 2.05) is 42.5 Å². The van der Waals surface area contributed by atoms with Crippen molar-refractivity contribution in [2.45, 2.75) is 11.1 Å². The van der Waals surface area contributed by atoms with Gasteiger partial charge in [-0.3, -0.25) is 0 Å². The van der Waals surface area contributed by atoms with Crippen molar-refractivity contribution in [3.05, 3.63) is 54.2 Å². The number of thioether (sulfide) groups is 1. The van der Waals surface area contributed by atoms with E-state index in [4.69, 9.17) is 10.5 Å². The zero-order valence-corrected chi connectivity index (χ0v) is 11.1. The van der Waals surface area contributed by atoms with Crippen LogP contribution in [0, 0.1) is 0 Å². The lowest BCUT2D eigenvalue weighted by molar-refractivity contribution is 0.414. The molecule has 1 heterocycles. The van der Waals surface area contributed by atoms with Gasteiger partial charge >= 0.3 is 0 Å². The standard InChI is InChI=1S/C14H16N2OS/c1-17-12-7-5-11(6-8-12)13(15)10-18-14-4-2-3-9-16-14/h2-9,13H,10,15H2,1H3. The van der Waals surface area contributed by atoms with E-state index in [9.17, 15) is 0 Å². The Labute approximate surface area is 111 Å². The van der Waals surface area contributed by atoms with Gasteiger partial charge in [0.2, 0.25) is 0 Å². The molecule has 0 aliphatic carbocycles. The molecule has 0 aliphatic rings. The molecule has 1 atom stereocenters. The highest BCUT2D eigenvalue weighted by Crippen LogP contribution is 2.22. The summed E-state index contributed by atoms with van der Waals surface area (Å²) in [7, 11) is 1.66. The Kier molecular flexibility index (Phi) is 4.61. The molecule has 4 heteroatoms. The number of ether oxygens (including phenoxy) is 1. The maximum Gasteiger partial charge on any atom is 0.118 e. The highest BCUT2D eigenvalue weighted by atomic mass is 32.2. The van der Waals surface area contributed by atoms with Gasteiger partial charge in [-0.1, -0.05) is 18.2 Å². The number of hydrogen-bond acceptors (Lipinski definition) is 4. The Balaban J connectivity index is 1.93. The maximum absolute atomic E-state index is 6.14. The summed E-state index contributed by atoms with van der Waals surface area (Å²) >= 11 is 1.67. The summed E-state index contributed by atoms with van der Waals surface area (Å²) in [5, 5.41) is 1.00. The van der Waals surface area contributed by atoms with Crippen molar-refractivity contribution in [3.63, 3.8) is 0 Å². The molecule has 1 aromatic carbocycles. The summed E-state index contributed by atoms with van der Waals surface area (Å²) in [5.41, 5.74) is 7.26. The summed E-state index contributed by atoms with van der Waals surface area (Å²) in [4.78, 5) is 4.26. The van der Waals surface area contributed by atoms with Gasteiger partial charge in [-0.25, -0.2) is 4.98 Å². The normalized spacial score (nSPS) is 12.1. The average molecular weight is 260 g/mol. The highest BCUT2D eigenvalue weighted by molar-refractivity contribution is 7.99. The molecule has 0 amide bonds. The number of nitrogens with zero attached hydrogens (tertiary/aromatic N) is 1. The number of rotatable bonds is 5. The van der Waals surface area contributed by atoms with Crippen LogP contribution < -0.4 is 10.5 Å². The van der Waals surface area contributed by atoms with Crippen LogP contribution >= 0.6 is 11.8 Å². The smallest absolute Gasteiger partial charge is 0.118 e. The van der Waals surface area contributed by atoms with E-state index in [-0.39, 0.29) is 6.04 Å². The summed E-state index contributed by atoms with van der Waals surface area (Å²) in [5.74, 6) is 1.66. The number of nitrogens with two attached hydrogens (primary N) is 1. The third kappa shape index (κ3) is 3.48. The molecule has 2 aromatic rings. The minimum absolute atomic E-state index is 0.00270. The molecule has 0 spiro atoms. The van der Waals surface area contributed by atoms with Gasteiger partial charge in [0.15, 0.2) is 0 Å². The van der Waals surface area contributed by atoms with Crippen molar-refractivity contribution in [2.75, 3.05) is 12.9 Å². The fraction of sp³-hybridized carbons (Fsp3) is 0.214. The predicted molar refractivity (Wildman–Crippen MR) is 74.9 cm³/mol. The Morgan fingerprint density at radius 3 is 2.61 bits per heavy atom. The van der Waals surface area contributed by atoms with E-state index in [1.54, 1.807) is 25.1 Å². The molecule has 2 rings (SSSR count). The molecule has 94 valence electrons. The van der Waals surface area contributed by atoms with Gasteiger partial charge < -0.3 is 10.5 Å². The van der Waals surface area contributed by atoms with E-state index >= 15 is 0 Å². The van der Waals surface area contributed by atoms with Crippen molar-refractivity contribution in [1.29, 1.82) is 0 Å². The van der Waals surface area contributed by atoms with E-state index in [1.165, 1.54) is 0 Å². The minimum Gasteiger partial charge on any atom is -0.497 e. The molecule has 2 N–H and O–H groups in total. The quantitative estimate of drug-likeness (QED) is 0.840. The van der Waals surface area contributed by atoms with Gasteiger partial charge in [0, 0.05) is 18.0 Å². The summed E-state index contributed by atoms with van der Waals surface area (Å²) in [6, 6.07) is 13.8. The molecule has 1 unspecified atom stereocenters. The van der Waals surface area contributed by atoms with Crippen LogP contribution in [0.5, 0.6) is 5.75 Å². The lowest BCUT2D eigenvalue weighted by atomic mass is 10.1. The number of pyridine rings is 1. The fourth-order valence-corrected chi connectivity index (χ4v) is 2.41. The first-order valence-corrected chi connectivity index (χ1v) is 6.71. The first-order chi connectivity index (χ1) is 8.79. The molecular weight excluding hydrogens is 244 g/mol. The second-order valence-corrected chi connectivity index (χ2v) is 4.90. The summed E-state index contributed by atoms with van der Waals surface area (Å²) in [6.07, 6.45) is 1.79. The molecule has 0 radical (unpaired) electrons. The lowest BCUT2D eigenvalue weighted by Crippen LogP contribution is -2.12. The van der Waals surface area contributed by atoms with Gasteiger partial charge in [-0.05, 0) is 29.8 Å². The zero-order chi connectivity index (χ0) is 12.8. The van der Waals surface area contributed by atoms with Crippen molar-refractivity contribution >= 4 is 11.8 Å². The van der Waals surface area contributed by atoms with Crippen LogP contribution in [0.2, 0.25) is 0 Å². The number of aromatic nitrogens is 1. The van der Waals surface area contributed by atoms with Gasteiger partial charge in [-0.2, -0.15) is 0 Å². The van der Waals surface area contributed by atoms with Crippen LogP contribution in [0.25, 0.3) is 0 Å². The third-order valence-electron chi connectivity index (χ3n) is 2.59. The van der Waals surface area contributed by atoms with E-state index in [0.717, 1.165) is 22.1 Å². The topological polar surface area (TPSA) is 48.1 Å². The largest absolute Gasteiger partial charge is 0.497 e. The molecule has 0 aliphatic heterocycles. The van der Waals surface area contributed by atoms with Crippen molar-refractivity contribution < 1.29 is 4.74 Å². The van der Waals surface area contributed by atoms with Crippen LogP contribution in [0.1, 0.15) is 11.6 Å². The Morgan fingerprint density at radius 1 is 1.22 bits per heavy atom. The monoisotopic (exact) mass is 260 g/mol. The van der Waals surface area contributed by atoms with Crippen LogP contribution in [-0.4, -0.2) is 17.8 Å². The van der Waals surface area contributed by atoms with Gasteiger partial charge in [0.25, 0.3) is 0 Å². The van der Waals surface area contributed by atoms with Gasteiger partial charge in [0.1, 0.15) is 5.75 Å². The Bertz CT molecular complexity index is 473. The highest BCUT2D eigenvalue weighted by Gasteiger charge is 2.07. The zero-order valence-electron chi connectivity index (χ0n) is 10.2. The first kappa shape index (κ1) is 12.9. The van der Waals surface area contributed by atoms with E-state index in [0.29, 0.717) is 0 Å². The second kappa shape index (κ2) is 6.42. The third-order valence-corrected chi connectivity index (χ3v) is 3.66. The Hall–Kier alpha value is -1.52. The summed E-state index contributed by atoms with van der Waals surface area (Å²) < 4.78 is 5.12.